The van der Waals surface area contributed by atoms with Gasteiger partial charge in [0, 0.05) is 31.5 Å². The average molecular weight is 346 g/mol. The molecule has 9 nitrogen and oxygen atoms in total. The first kappa shape index (κ1) is 19.0. The summed E-state index contributed by atoms with van der Waals surface area (Å²) in [5.41, 5.74) is -0.223. The topological polar surface area (TPSA) is 136 Å². The Morgan fingerprint density at radius 1 is 1.39 bits per heavy atom. The number of sulfonamides is 1. The van der Waals surface area contributed by atoms with Gasteiger partial charge in [0.05, 0.1) is 22.5 Å². The zero-order valence-electron chi connectivity index (χ0n) is 12.6. The van der Waals surface area contributed by atoms with E-state index >= 15 is 0 Å². The summed E-state index contributed by atoms with van der Waals surface area (Å²) in [5.74, 6) is -0.950. The largest absolute Gasteiger partial charge is 0.465 e. The van der Waals surface area contributed by atoms with E-state index in [1.54, 1.807) is 6.92 Å². The van der Waals surface area contributed by atoms with Crippen LogP contribution in [0.5, 0.6) is 0 Å². The molecule has 1 aromatic carbocycles. The van der Waals surface area contributed by atoms with Crippen LogP contribution in [-0.4, -0.2) is 43.7 Å². The zero-order valence-corrected chi connectivity index (χ0v) is 13.4. The standard InChI is InChI=1S/C13H18N2O7S/c1-9(8-22-10(2)16)13(17)7-14-23(20,21)12-5-3-11(4-6-12)15(18)19/h3-6,9,13-14,17H,7-8H2,1-2H3/t9-,13+/m0/s1. The summed E-state index contributed by atoms with van der Waals surface area (Å²) in [6, 6.07) is 4.37. The molecule has 23 heavy (non-hydrogen) atoms. The van der Waals surface area contributed by atoms with Crippen molar-refractivity contribution in [1.29, 1.82) is 0 Å². The molecule has 0 saturated carbocycles. The number of nitrogens with zero attached hydrogens (tertiary/aromatic N) is 1. The number of ether oxygens (including phenoxy) is 1. The summed E-state index contributed by atoms with van der Waals surface area (Å²) < 4.78 is 31.0. The van der Waals surface area contributed by atoms with Crippen molar-refractivity contribution in [3.63, 3.8) is 0 Å². The number of aliphatic hydroxyl groups excluding tert-OH is 1. The van der Waals surface area contributed by atoms with Gasteiger partial charge in [-0.1, -0.05) is 6.92 Å². The highest BCUT2D eigenvalue weighted by Gasteiger charge is 2.20. The number of rotatable bonds is 8. The Balaban J connectivity index is 2.64. The molecule has 0 heterocycles. The summed E-state index contributed by atoms with van der Waals surface area (Å²) in [6.07, 6.45) is -1.05. The first-order chi connectivity index (χ1) is 10.6. The molecule has 0 aromatic heterocycles. The van der Waals surface area contributed by atoms with Crippen LogP contribution in [0.4, 0.5) is 5.69 Å². The molecule has 2 atom stereocenters. The molecule has 0 amide bonds. The molecular formula is C13H18N2O7S. The minimum absolute atomic E-state index is 0.0320. The van der Waals surface area contributed by atoms with Gasteiger partial charge in [-0.25, -0.2) is 13.1 Å². The Bertz CT molecular complexity index is 657. The monoisotopic (exact) mass is 346 g/mol. The number of nitro benzene ring substituents is 1. The van der Waals surface area contributed by atoms with Crippen LogP contribution in [0.3, 0.4) is 0 Å². The van der Waals surface area contributed by atoms with E-state index in [0.717, 1.165) is 24.3 Å². The third-order valence-electron chi connectivity index (χ3n) is 3.05. The van der Waals surface area contributed by atoms with Gasteiger partial charge in [0.1, 0.15) is 0 Å². The minimum Gasteiger partial charge on any atom is -0.465 e. The van der Waals surface area contributed by atoms with Crippen molar-refractivity contribution >= 4 is 21.7 Å². The van der Waals surface area contributed by atoms with Crippen LogP contribution in [0.15, 0.2) is 29.2 Å². The van der Waals surface area contributed by atoms with Gasteiger partial charge in [-0.3, -0.25) is 14.9 Å². The second-order valence-electron chi connectivity index (χ2n) is 4.95. The van der Waals surface area contributed by atoms with Crippen LogP contribution in [0.2, 0.25) is 0 Å². The lowest BCUT2D eigenvalue weighted by Crippen LogP contribution is -2.37. The Morgan fingerprint density at radius 3 is 2.43 bits per heavy atom. The first-order valence-electron chi connectivity index (χ1n) is 6.69. The van der Waals surface area contributed by atoms with E-state index < -0.39 is 32.9 Å². The molecule has 0 aliphatic heterocycles. The van der Waals surface area contributed by atoms with Crippen LogP contribution >= 0.6 is 0 Å². The second-order valence-corrected chi connectivity index (χ2v) is 6.72. The van der Waals surface area contributed by atoms with Crippen molar-refractivity contribution in [1.82, 2.24) is 4.72 Å². The highest BCUT2D eigenvalue weighted by molar-refractivity contribution is 7.89. The van der Waals surface area contributed by atoms with Crippen LogP contribution in [0, 0.1) is 16.0 Å². The summed E-state index contributed by atoms with van der Waals surface area (Å²) in [5, 5.41) is 20.4. The number of carbonyl (C=O) groups is 1. The molecule has 0 aliphatic carbocycles. The van der Waals surface area contributed by atoms with Gasteiger partial charge < -0.3 is 9.84 Å². The Kier molecular flexibility index (Phi) is 6.61. The number of benzene rings is 1. The lowest BCUT2D eigenvalue weighted by Gasteiger charge is -2.18. The number of aliphatic hydroxyl groups is 1. The zero-order chi connectivity index (χ0) is 17.6. The number of nitro groups is 1. The van der Waals surface area contributed by atoms with Gasteiger partial charge in [-0.05, 0) is 12.1 Å². The number of nitrogens with one attached hydrogen (secondary N) is 1. The fourth-order valence-corrected chi connectivity index (χ4v) is 2.64. The second kappa shape index (κ2) is 7.99. The van der Waals surface area contributed by atoms with E-state index in [9.17, 15) is 28.4 Å². The quantitative estimate of drug-likeness (QED) is 0.396. The maximum absolute atomic E-state index is 12.0. The summed E-state index contributed by atoms with van der Waals surface area (Å²) in [6.45, 7) is 2.53. The maximum Gasteiger partial charge on any atom is 0.302 e. The number of hydrogen-bond acceptors (Lipinski definition) is 7. The maximum atomic E-state index is 12.0. The van der Waals surface area contributed by atoms with E-state index in [1.807, 2.05) is 0 Å². The van der Waals surface area contributed by atoms with E-state index in [-0.39, 0.29) is 23.7 Å². The Hall–Kier alpha value is -2.04. The van der Waals surface area contributed by atoms with Crippen molar-refractivity contribution in [2.75, 3.05) is 13.2 Å². The molecule has 2 N–H and O–H groups in total. The van der Waals surface area contributed by atoms with Crippen LogP contribution < -0.4 is 4.72 Å². The Morgan fingerprint density at radius 2 is 1.96 bits per heavy atom. The van der Waals surface area contributed by atoms with E-state index in [4.69, 9.17) is 4.74 Å². The van der Waals surface area contributed by atoms with E-state index in [2.05, 4.69) is 4.72 Å². The first-order valence-corrected chi connectivity index (χ1v) is 8.17. The summed E-state index contributed by atoms with van der Waals surface area (Å²) in [7, 11) is -3.90. The van der Waals surface area contributed by atoms with Gasteiger partial charge in [-0.2, -0.15) is 0 Å². The summed E-state index contributed by atoms with van der Waals surface area (Å²) in [4.78, 5) is 20.4. The number of hydrogen-bond donors (Lipinski definition) is 2. The molecule has 0 radical (unpaired) electrons. The van der Waals surface area contributed by atoms with Crippen molar-refractivity contribution in [2.45, 2.75) is 24.8 Å². The minimum atomic E-state index is -3.90. The number of non-ortho nitro benzene ring substituents is 1. The molecule has 1 aromatic rings. The highest BCUT2D eigenvalue weighted by Crippen LogP contribution is 2.15. The number of carbonyl (C=O) groups excluding carboxylic acids is 1. The molecule has 10 heteroatoms. The van der Waals surface area contributed by atoms with Crippen molar-refractivity contribution in [3.8, 4) is 0 Å². The lowest BCUT2D eigenvalue weighted by molar-refractivity contribution is -0.384. The average Bonchev–Trinajstić information content (AvgIpc) is 2.50. The fourth-order valence-electron chi connectivity index (χ4n) is 1.59. The SMILES string of the molecule is CC(=O)OC[C@H](C)[C@H](O)CNS(=O)(=O)c1ccc([N+](=O)[O-])cc1. The molecule has 0 spiro atoms. The van der Waals surface area contributed by atoms with Crippen molar-refractivity contribution < 1.29 is 28.0 Å². The van der Waals surface area contributed by atoms with Gasteiger partial charge in [0.25, 0.3) is 5.69 Å². The van der Waals surface area contributed by atoms with Crippen molar-refractivity contribution in [2.24, 2.45) is 5.92 Å². The van der Waals surface area contributed by atoms with Crippen LogP contribution in [-0.2, 0) is 19.6 Å². The molecule has 0 unspecified atom stereocenters. The molecule has 128 valence electrons. The molecule has 0 bridgehead atoms. The molecule has 0 aliphatic rings. The molecule has 1 rings (SSSR count). The van der Waals surface area contributed by atoms with Gasteiger partial charge in [0.15, 0.2) is 0 Å². The highest BCUT2D eigenvalue weighted by atomic mass is 32.2. The normalized spacial score (nSPS) is 14.0. The van der Waals surface area contributed by atoms with Gasteiger partial charge in [-0.15, -0.1) is 0 Å². The predicted octanol–water partition coefficient (Wildman–Crippen LogP) is 0.433. The Labute approximate surface area is 133 Å². The third-order valence-corrected chi connectivity index (χ3v) is 4.49. The summed E-state index contributed by atoms with van der Waals surface area (Å²) >= 11 is 0. The lowest BCUT2D eigenvalue weighted by atomic mass is 10.1. The molecular weight excluding hydrogens is 328 g/mol. The van der Waals surface area contributed by atoms with E-state index in [0.29, 0.717) is 0 Å². The molecule has 0 fully saturated rings. The fraction of sp³-hybridized carbons (Fsp3) is 0.462. The smallest absolute Gasteiger partial charge is 0.302 e. The third kappa shape index (κ3) is 5.93. The van der Waals surface area contributed by atoms with Crippen molar-refractivity contribution in [3.05, 3.63) is 34.4 Å². The predicted molar refractivity (Wildman–Crippen MR) is 80.1 cm³/mol. The van der Waals surface area contributed by atoms with Gasteiger partial charge in [0.2, 0.25) is 10.0 Å². The van der Waals surface area contributed by atoms with Gasteiger partial charge >= 0.3 is 5.97 Å². The van der Waals surface area contributed by atoms with E-state index in [1.165, 1.54) is 6.92 Å². The van der Waals surface area contributed by atoms with Crippen LogP contribution in [0.25, 0.3) is 0 Å². The van der Waals surface area contributed by atoms with Crippen LogP contribution in [0.1, 0.15) is 13.8 Å². The number of esters is 1. The molecule has 0 saturated heterocycles.